The number of unbranched alkanes of at least 4 members (excludes halogenated alkanes) is 2. The number of fused-ring (bicyclic) bond motifs is 1. The SMILES string of the molecule is CCCCCOC1CN(c2ncnc3nc[nH]c23)C1. The van der Waals surface area contributed by atoms with Crippen molar-refractivity contribution in [2.75, 3.05) is 24.6 Å². The molecule has 1 aliphatic rings. The molecule has 0 aromatic carbocycles. The van der Waals surface area contributed by atoms with Gasteiger partial charge >= 0.3 is 0 Å². The lowest BCUT2D eigenvalue weighted by Gasteiger charge is -2.39. The van der Waals surface area contributed by atoms with Crippen molar-refractivity contribution in [3.8, 4) is 0 Å². The van der Waals surface area contributed by atoms with Crippen molar-refractivity contribution < 1.29 is 4.74 Å². The number of hydrogen-bond donors (Lipinski definition) is 1. The van der Waals surface area contributed by atoms with Crippen LogP contribution in [0.15, 0.2) is 12.7 Å². The lowest BCUT2D eigenvalue weighted by molar-refractivity contribution is 0.0320. The molecule has 0 unspecified atom stereocenters. The second-order valence-corrected chi connectivity index (χ2v) is 4.90. The van der Waals surface area contributed by atoms with Crippen LogP contribution in [0, 0.1) is 0 Å². The van der Waals surface area contributed by atoms with Crippen LogP contribution < -0.4 is 4.90 Å². The molecule has 0 spiro atoms. The van der Waals surface area contributed by atoms with Gasteiger partial charge in [0.15, 0.2) is 11.5 Å². The summed E-state index contributed by atoms with van der Waals surface area (Å²) in [6.45, 7) is 4.87. The Labute approximate surface area is 112 Å². The van der Waals surface area contributed by atoms with Crippen LogP contribution in [-0.2, 0) is 4.74 Å². The maximum atomic E-state index is 5.81. The average molecular weight is 261 g/mol. The standard InChI is InChI=1S/C13H19N5O/c1-2-3-4-5-19-10-6-18(7-10)13-11-12(15-8-14-11)16-9-17-13/h8-10H,2-7H2,1H3,(H,14,15,16,17). The minimum atomic E-state index is 0.338. The van der Waals surface area contributed by atoms with Crippen molar-refractivity contribution in [1.29, 1.82) is 0 Å². The Bertz CT molecular complexity index is 535. The Balaban J connectivity index is 1.54. The van der Waals surface area contributed by atoms with Crippen molar-refractivity contribution in [3.63, 3.8) is 0 Å². The van der Waals surface area contributed by atoms with E-state index in [2.05, 4.69) is 31.8 Å². The quantitative estimate of drug-likeness (QED) is 0.802. The highest BCUT2D eigenvalue weighted by atomic mass is 16.5. The third-order valence-electron chi connectivity index (χ3n) is 3.45. The minimum Gasteiger partial charge on any atom is -0.375 e. The van der Waals surface area contributed by atoms with Crippen molar-refractivity contribution in [1.82, 2.24) is 19.9 Å². The van der Waals surface area contributed by atoms with Crippen LogP contribution in [-0.4, -0.2) is 45.7 Å². The highest BCUT2D eigenvalue weighted by Gasteiger charge is 2.29. The first-order valence-corrected chi connectivity index (χ1v) is 6.89. The highest BCUT2D eigenvalue weighted by Crippen LogP contribution is 2.25. The molecule has 0 saturated carbocycles. The molecule has 0 aliphatic carbocycles. The van der Waals surface area contributed by atoms with Crippen molar-refractivity contribution in [2.45, 2.75) is 32.3 Å². The summed E-state index contributed by atoms with van der Waals surface area (Å²) in [5.74, 6) is 0.927. The lowest BCUT2D eigenvalue weighted by Crippen LogP contribution is -2.52. The smallest absolute Gasteiger partial charge is 0.182 e. The van der Waals surface area contributed by atoms with Gasteiger partial charge in [-0.25, -0.2) is 15.0 Å². The predicted molar refractivity (Wildman–Crippen MR) is 73.2 cm³/mol. The van der Waals surface area contributed by atoms with Crippen LogP contribution in [0.25, 0.3) is 11.2 Å². The second-order valence-electron chi connectivity index (χ2n) is 4.90. The van der Waals surface area contributed by atoms with E-state index in [1.807, 2.05) is 0 Å². The fraction of sp³-hybridized carbons (Fsp3) is 0.615. The molecule has 6 nitrogen and oxygen atoms in total. The molecular weight excluding hydrogens is 242 g/mol. The molecule has 1 fully saturated rings. The Hall–Kier alpha value is -1.69. The molecule has 1 saturated heterocycles. The molecular formula is C13H19N5O. The first-order valence-electron chi connectivity index (χ1n) is 6.89. The Kier molecular flexibility index (Phi) is 3.59. The zero-order valence-electron chi connectivity index (χ0n) is 11.2. The van der Waals surface area contributed by atoms with Gasteiger partial charge in [-0.3, -0.25) is 0 Å². The molecule has 2 aromatic heterocycles. The summed E-state index contributed by atoms with van der Waals surface area (Å²) in [6, 6.07) is 0. The van der Waals surface area contributed by atoms with E-state index in [4.69, 9.17) is 4.74 Å². The number of aromatic nitrogens is 4. The summed E-state index contributed by atoms with van der Waals surface area (Å²) in [5, 5.41) is 0. The number of imidazole rings is 1. The molecule has 3 heterocycles. The largest absolute Gasteiger partial charge is 0.375 e. The van der Waals surface area contributed by atoms with E-state index in [1.54, 1.807) is 12.7 Å². The number of ether oxygens (including phenoxy) is 1. The van der Waals surface area contributed by atoms with Gasteiger partial charge in [0, 0.05) is 19.7 Å². The monoisotopic (exact) mass is 261 g/mol. The van der Waals surface area contributed by atoms with Gasteiger partial charge in [0.25, 0.3) is 0 Å². The molecule has 1 N–H and O–H groups in total. The molecule has 3 rings (SSSR count). The van der Waals surface area contributed by atoms with Crippen LogP contribution >= 0.6 is 0 Å². The zero-order chi connectivity index (χ0) is 13.1. The predicted octanol–water partition coefficient (Wildman–Crippen LogP) is 1.75. The molecule has 0 amide bonds. The van der Waals surface area contributed by atoms with Gasteiger partial charge in [0.2, 0.25) is 0 Å². The first kappa shape index (κ1) is 12.3. The summed E-state index contributed by atoms with van der Waals surface area (Å²) in [7, 11) is 0. The van der Waals surface area contributed by atoms with E-state index >= 15 is 0 Å². The molecule has 1 aliphatic heterocycles. The summed E-state index contributed by atoms with van der Waals surface area (Å²) in [4.78, 5) is 17.9. The fourth-order valence-corrected chi connectivity index (χ4v) is 2.31. The topological polar surface area (TPSA) is 66.9 Å². The molecule has 6 heteroatoms. The fourth-order valence-electron chi connectivity index (χ4n) is 2.31. The van der Waals surface area contributed by atoms with Gasteiger partial charge in [0.1, 0.15) is 11.8 Å². The van der Waals surface area contributed by atoms with E-state index in [1.165, 1.54) is 12.8 Å². The highest BCUT2D eigenvalue weighted by molar-refractivity contribution is 5.83. The number of aromatic amines is 1. The van der Waals surface area contributed by atoms with E-state index in [9.17, 15) is 0 Å². The van der Waals surface area contributed by atoms with Gasteiger partial charge in [0.05, 0.1) is 12.4 Å². The van der Waals surface area contributed by atoms with Crippen LogP contribution in [0.4, 0.5) is 5.82 Å². The van der Waals surface area contributed by atoms with Crippen LogP contribution in [0.5, 0.6) is 0 Å². The van der Waals surface area contributed by atoms with Crippen molar-refractivity contribution >= 4 is 17.0 Å². The van der Waals surface area contributed by atoms with Crippen molar-refractivity contribution in [2.24, 2.45) is 0 Å². The van der Waals surface area contributed by atoms with Gasteiger partial charge < -0.3 is 14.6 Å². The van der Waals surface area contributed by atoms with Gasteiger partial charge in [-0.15, -0.1) is 0 Å². The zero-order valence-corrected chi connectivity index (χ0v) is 11.2. The summed E-state index contributed by atoms with van der Waals surface area (Å²) in [5.41, 5.74) is 1.63. The number of anilines is 1. The number of H-pyrrole nitrogens is 1. The number of rotatable bonds is 6. The molecule has 0 radical (unpaired) electrons. The third kappa shape index (κ3) is 2.53. The van der Waals surface area contributed by atoms with E-state index in [-0.39, 0.29) is 0 Å². The Morgan fingerprint density at radius 1 is 1.32 bits per heavy atom. The Morgan fingerprint density at radius 3 is 3.05 bits per heavy atom. The lowest BCUT2D eigenvalue weighted by atomic mass is 10.1. The number of nitrogens with one attached hydrogen (secondary N) is 1. The second kappa shape index (κ2) is 5.52. The molecule has 19 heavy (non-hydrogen) atoms. The normalized spacial score (nSPS) is 15.9. The van der Waals surface area contributed by atoms with Gasteiger partial charge in [-0.1, -0.05) is 19.8 Å². The minimum absolute atomic E-state index is 0.338. The van der Waals surface area contributed by atoms with E-state index < -0.39 is 0 Å². The summed E-state index contributed by atoms with van der Waals surface area (Å²) in [6.07, 6.45) is 7.20. The molecule has 0 bridgehead atoms. The maximum Gasteiger partial charge on any atom is 0.182 e. The average Bonchev–Trinajstić information content (AvgIpc) is 2.85. The van der Waals surface area contributed by atoms with Gasteiger partial charge in [-0.2, -0.15) is 0 Å². The van der Waals surface area contributed by atoms with Crippen LogP contribution in [0.1, 0.15) is 26.2 Å². The van der Waals surface area contributed by atoms with E-state index in [0.717, 1.165) is 43.1 Å². The third-order valence-corrected chi connectivity index (χ3v) is 3.45. The molecule has 102 valence electrons. The summed E-state index contributed by atoms with van der Waals surface area (Å²) < 4.78 is 5.81. The van der Waals surface area contributed by atoms with Crippen LogP contribution in [0.2, 0.25) is 0 Å². The van der Waals surface area contributed by atoms with E-state index in [0.29, 0.717) is 6.10 Å². The Morgan fingerprint density at radius 2 is 2.21 bits per heavy atom. The van der Waals surface area contributed by atoms with Gasteiger partial charge in [-0.05, 0) is 6.42 Å². The molecule has 0 atom stereocenters. The molecule has 2 aromatic rings. The van der Waals surface area contributed by atoms with Crippen molar-refractivity contribution in [3.05, 3.63) is 12.7 Å². The van der Waals surface area contributed by atoms with Crippen LogP contribution in [0.3, 0.4) is 0 Å². The number of nitrogens with zero attached hydrogens (tertiary/aromatic N) is 4. The first-order chi connectivity index (χ1) is 9.38. The number of hydrogen-bond acceptors (Lipinski definition) is 5. The summed E-state index contributed by atoms with van der Waals surface area (Å²) >= 11 is 0. The maximum absolute atomic E-state index is 5.81.